The fourth-order valence-electron chi connectivity index (χ4n) is 3.25. The van der Waals surface area contributed by atoms with Crippen molar-refractivity contribution in [2.24, 2.45) is 0 Å². The predicted octanol–water partition coefficient (Wildman–Crippen LogP) is 7.26. The summed E-state index contributed by atoms with van der Waals surface area (Å²) in [5, 5.41) is 1.70. The van der Waals surface area contributed by atoms with Crippen LogP contribution in [-0.2, 0) is 0 Å². The summed E-state index contributed by atoms with van der Waals surface area (Å²) in [6, 6.07) is 26.4. The van der Waals surface area contributed by atoms with Crippen LogP contribution < -0.4 is 0 Å². The SMILES string of the molecule is CSC(=S)c1c(-c2ccccc2)nc2ccc(Cl)cc2c1-c1ccccc1. The summed E-state index contributed by atoms with van der Waals surface area (Å²) in [7, 11) is 0. The van der Waals surface area contributed by atoms with E-state index >= 15 is 0 Å². The van der Waals surface area contributed by atoms with Gasteiger partial charge in [0.05, 0.1) is 15.4 Å². The van der Waals surface area contributed by atoms with Gasteiger partial charge in [0.15, 0.2) is 0 Å². The van der Waals surface area contributed by atoms with Crippen molar-refractivity contribution >= 4 is 50.7 Å². The fourth-order valence-corrected chi connectivity index (χ4v) is 4.02. The highest BCUT2D eigenvalue weighted by atomic mass is 35.5. The Hall–Kier alpha value is -2.20. The van der Waals surface area contributed by atoms with E-state index in [9.17, 15) is 0 Å². The topological polar surface area (TPSA) is 12.9 Å². The summed E-state index contributed by atoms with van der Waals surface area (Å²) in [6.07, 6.45) is 2.01. The van der Waals surface area contributed by atoms with Crippen LogP contribution in [0, 0.1) is 0 Å². The third-order valence-electron chi connectivity index (χ3n) is 4.45. The molecule has 0 saturated heterocycles. The Labute approximate surface area is 173 Å². The number of thioether (sulfide) groups is 1. The Morgan fingerprint density at radius 3 is 2.15 bits per heavy atom. The number of benzene rings is 3. The molecule has 132 valence electrons. The Kier molecular flexibility index (Phi) is 5.26. The molecule has 3 aromatic carbocycles. The number of halogens is 1. The van der Waals surface area contributed by atoms with Crippen LogP contribution in [0.15, 0.2) is 78.9 Å². The molecule has 0 radical (unpaired) electrons. The maximum absolute atomic E-state index is 6.33. The molecule has 27 heavy (non-hydrogen) atoms. The molecular weight excluding hydrogens is 390 g/mol. The van der Waals surface area contributed by atoms with E-state index in [2.05, 4.69) is 24.3 Å². The van der Waals surface area contributed by atoms with Gasteiger partial charge in [0.25, 0.3) is 0 Å². The lowest BCUT2D eigenvalue weighted by Crippen LogP contribution is -2.03. The predicted molar refractivity (Wildman–Crippen MR) is 123 cm³/mol. The molecule has 4 rings (SSSR count). The minimum atomic E-state index is 0.690. The lowest BCUT2D eigenvalue weighted by atomic mass is 9.93. The molecule has 0 bridgehead atoms. The second-order valence-electron chi connectivity index (χ2n) is 6.10. The zero-order chi connectivity index (χ0) is 18.8. The second-order valence-corrected chi connectivity index (χ2v) is 8.02. The lowest BCUT2D eigenvalue weighted by Gasteiger charge is -2.18. The highest BCUT2D eigenvalue weighted by molar-refractivity contribution is 8.23. The molecule has 4 aromatic rings. The molecule has 0 aliphatic heterocycles. The summed E-state index contributed by atoms with van der Waals surface area (Å²) in [6.45, 7) is 0. The molecule has 0 unspecified atom stereocenters. The van der Waals surface area contributed by atoms with Gasteiger partial charge in [0.2, 0.25) is 0 Å². The van der Waals surface area contributed by atoms with Gasteiger partial charge in [-0.15, -0.1) is 11.8 Å². The van der Waals surface area contributed by atoms with E-state index in [1.165, 1.54) is 0 Å². The summed E-state index contributed by atoms with van der Waals surface area (Å²) in [4.78, 5) is 4.98. The molecule has 0 saturated carbocycles. The standard InChI is InChI=1S/C23H16ClNS2/c1-27-23(26)21-20(15-8-4-2-5-9-15)18-14-17(24)12-13-19(18)25-22(21)16-10-6-3-7-11-16/h2-14H,1H3. The number of nitrogens with zero attached hydrogens (tertiary/aromatic N) is 1. The van der Waals surface area contributed by atoms with Crippen LogP contribution in [0.25, 0.3) is 33.3 Å². The largest absolute Gasteiger partial charge is 0.247 e. The Bertz CT molecular complexity index is 1130. The van der Waals surface area contributed by atoms with Crippen molar-refractivity contribution in [1.29, 1.82) is 0 Å². The number of rotatable bonds is 3. The van der Waals surface area contributed by atoms with Crippen LogP contribution in [0.1, 0.15) is 5.56 Å². The first kappa shape index (κ1) is 18.2. The van der Waals surface area contributed by atoms with Crippen molar-refractivity contribution in [3.05, 3.63) is 89.4 Å². The number of thiocarbonyl (C=S) groups is 1. The average molecular weight is 406 g/mol. The zero-order valence-electron chi connectivity index (χ0n) is 14.6. The van der Waals surface area contributed by atoms with Gasteiger partial charge in [-0.25, -0.2) is 4.98 Å². The van der Waals surface area contributed by atoms with Gasteiger partial charge in [0.1, 0.15) is 0 Å². The van der Waals surface area contributed by atoms with E-state index < -0.39 is 0 Å². The first-order valence-corrected chi connectivity index (χ1v) is 10.5. The summed E-state index contributed by atoms with van der Waals surface area (Å²) >= 11 is 13.7. The molecule has 1 nitrogen and oxygen atoms in total. The molecule has 1 heterocycles. The first-order chi connectivity index (χ1) is 13.2. The number of fused-ring (bicyclic) bond motifs is 1. The number of hydrogen-bond donors (Lipinski definition) is 0. The van der Waals surface area contributed by atoms with Crippen molar-refractivity contribution in [2.45, 2.75) is 0 Å². The van der Waals surface area contributed by atoms with Crippen LogP contribution in [0.2, 0.25) is 5.02 Å². The van der Waals surface area contributed by atoms with Crippen molar-refractivity contribution < 1.29 is 0 Å². The summed E-state index contributed by atoms with van der Waals surface area (Å²) < 4.78 is 0.821. The fraction of sp³-hybridized carbons (Fsp3) is 0.0435. The third-order valence-corrected chi connectivity index (χ3v) is 5.96. The normalized spacial score (nSPS) is 10.9. The molecule has 0 N–H and O–H groups in total. The van der Waals surface area contributed by atoms with Crippen LogP contribution in [0.5, 0.6) is 0 Å². The van der Waals surface area contributed by atoms with Crippen LogP contribution in [0.3, 0.4) is 0 Å². The molecule has 0 amide bonds. The third kappa shape index (κ3) is 3.51. The molecule has 0 spiro atoms. The van der Waals surface area contributed by atoms with Gasteiger partial charge < -0.3 is 0 Å². The van der Waals surface area contributed by atoms with E-state index in [-0.39, 0.29) is 0 Å². The van der Waals surface area contributed by atoms with Crippen molar-refractivity contribution in [3.63, 3.8) is 0 Å². The smallest absolute Gasteiger partial charge is 0.0808 e. The van der Waals surface area contributed by atoms with Crippen molar-refractivity contribution in [1.82, 2.24) is 4.98 Å². The maximum atomic E-state index is 6.33. The lowest BCUT2D eigenvalue weighted by molar-refractivity contribution is 1.39. The maximum Gasteiger partial charge on any atom is 0.0808 e. The van der Waals surface area contributed by atoms with E-state index in [0.29, 0.717) is 5.02 Å². The van der Waals surface area contributed by atoms with Gasteiger partial charge in [-0.2, -0.15) is 0 Å². The molecule has 1 aromatic heterocycles. The van der Waals surface area contributed by atoms with Crippen LogP contribution in [0.4, 0.5) is 0 Å². The monoisotopic (exact) mass is 405 g/mol. The molecule has 0 aliphatic carbocycles. The van der Waals surface area contributed by atoms with Gasteiger partial charge in [0, 0.05) is 27.1 Å². The molecule has 0 fully saturated rings. The highest BCUT2D eigenvalue weighted by Crippen LogP contribution is 2.39. The molecule has 0 aliphatic rings. The van der Waals surface area contributed by atoms with E-state index in [4.69, 9.17) is 28.8 Å². The molecule has 0 atom stereocenters. The quantitative estimate of drug-likeness (QED) is 0.333. The summed E-state index contributed by atoms with van der Waals surface area (Å²) in [5.41, 5.74) is 6.05. The summed E-state index contributed by atoms with van der Waals surface area (Å²) in [5.74, 6) is 0. The van der Waals surface area contributed by atoms with Crippen molar-refractivity contribution in [2.75, 3.05) is 6.26 Å². The Morgan fingerprint density at radius 2 is 1.52 bits per heavy atom. The van der Waals surface area contributed by atoms with E-state index in [0.717, 1.165) is 43.0 Å². The van der Waals surface area contributed by atoms with Crippen molar-refractivity contribution in [3.8, 4) is 22.4 Å². The minimum Gasteiger partial charge on any atom is -0.247 e. The van der Waals surface area contributed by atoms with Gasteiger partial charge in [-0.3, -0.25) is 0 Å². The van der Waals surface area contributed by atoms with E-state index in [1.54, 1.807) is 11.8 Å². The Morgan fingerprint density at radius 1 is 0.889 bits per heavy atom. The highest BCUT2D eigenvalue weighted by Gasteiger charge is 2.20. The van der Waals surface area contributed by atoms with Gasteiger partial charge >= 0.3 is 0 Å². The molecular formula is C23H16ClNS2. The first-order valence-electron chi connectivity index (χ1n) is 8.51. The number of hydrogen-bond acceptors (Lipinski definition) is 3. The number of pyridine rings is 1. The van der Waals surface area contributed by atoms with Crippen LogP contribution in [-0.4, -0.2) is 15.4 Å². The van der Waals surface area contributed by atoms with Gasteiger partial charge in [-0.05, 0) is 30.0 Å². The molecule has 4 heteroatoms. The minimum absolute atomic E-state index is 0.690. The second kappa shape index (κ2) is 7.81. The van der Waals surface area contributed by atoms with Gasteiger partial charge in [-0.1, -0.05) is 84.5 Å². The number of aromatic nitrogens is 1. The zero-order valence-corrected chi connectivity index (χ0v) is 17.0. The Balaban J connectivity index is 2.19. The van der Waals surface area contributed by atoms with E-state index in [1.807, 2.05) is 60.9 Å². The van der Waals surface area contributed by atoms with Crippen LogP contribution >= 0.6 is 35.6 Å². The average Bonchev–Trinajstić information content (AvgIpc) is 2.73.